The summed E-state index contributed by atoms with van der Waals surface area (Å²) >= 11 is 5.08. The highest BCUT2D eigenvalue weighted by molar-refractivity contribution is 7.80. The van der Waals surface area contributed by atoms with E-state index in [1.807, 2.05) is 12.1 Å². The van der Waals surface area contributed by atoms with Crippen molar-refractivity contribution in [2.45, 2.75) is 0 Å². The number of phenols is 1. The summed E-state index contributed by atoms with van der Waals surface area (Å²) in [7, 11) is 4.76. The van der Waals surface area contributed by atoms with Gasteiger partial charge in [0.05, 0.1) is 12.0 Å². The SMILES string of the molecule is COc1cc(O)ccc1-c1cc(=S)ss1. The Morgan fingerprint density at radius 3 is 2.67 bits per heavy atom. The van der Waals surface area contributed by atoms with Gasteiger partial charge in [-0.3, -0.25) is 0 Å². The molecule has 0 aliphatic carbocycles. The molecule has 0 spiro atoms. The molecule has 0 amide bonds. The van der Waals surface area contributed by atoms with Crippen LogP contribution in [0.2, 0.25) is 0 Å². The molecule has 0 saturated heterocycles. The minimum Gasteiger partial charge on any atom is -0.508 e. The zero-order valence-electron chi connectivity index (χ0n) is 7.89. The van der Waals surface area contributed by atoms with Gasteiger partial charge in [-0.25, -0.2) is 0 Å². The minimum atomic E-state index is 0.203. The standard InChI is InChI=1S/C10H8O2S3/c1-12-8-4-6(11)2-3-7(8)9-5-10(13)15-14-9/h2-5,11H,1H3. The highest BCUT2D eigenvalue weighted by Gasteiger charge is 2.08. The number of methoxy groups -OCH3 is 1. The number of hydrogen-bond acceptors (Lipinski definition) is 5. The molecule has 15 heavy (non-hydrogen) atoms. The van der Waals surface area contributed by atoms with Gasteiger partial charge in [0.25, 0.3) is 0 Å². The first-order chi connectivity index (χ1) is 7.20. The Bertz CT molecular complexity index is 527. The van der Waals surface area contributed by atoms with E-state index in [9.17, 15) is 5.11 Å². The van der Waals surface area contributed by atoms with Crippen LogP contribution in [0, 0.1) is 3.82 Å². The number of hydrogen-bond donors (Lipinski definition) is 1. The molecule has 0 radical (unpaired) electrons. The van der Waals surface area contributed by atoms with Crippen molar-refractivity contribution in [1.82, 2.24) is 0 Å². The van der Waals surface area contributed by atoms with Gasteiger partial charge < -0.3 is 9.84 Å². The zero-order chi connectivity index (χ0) is 10.8. The molecule has 0 atom stereocenters. The number of phenolic OH excluding ortho intramolecular Hbond substituents is 1. The van der Waals surface area contributed by atoms with Gasteiger partial charge in [-0.15, -0.1) is 0 Å². The summed E-state index contributed by atoms with van der Waals surface area (Å²) in [6, 6.07) is 7.02. The van der Waals surface area contributed by atoms with Crippen molar-refractivity contribution in [3.63, 3.8) is 0 Å². The number of ether oxygens (including phenoxy) is 1. The summed E-state index contributed by atoms with van der Waals surface area (Å²) in [5.41, 5.74) is 0.965. The molecule has 0 saturated carbocycles. The molecule has 5 heteroatoms. The van der Waals surface area contributed by atoms with E-state index in [0.717, 1.165) is 14.3 Å². The molecule has 1 aromatic carbocycles. The van der Waals surface area contributed by atoms with Crippen LogP contribution >= 0.6 is 32.9 Å². The molecule has 0 bridgehead atoms. The van der Waals surface area contributed by atoms with Gasteiger partial charge in [-0.2, -0.15) is 0 Å². The van der Waals surface area contributed by atoms with Crippen LogP contribution in [0.15, 0.2) is 24.3 Å². The third kappa shape index (κ3) is 2.19. The summed E-state index contributed by atoms with van der Waals surface area (Å²) < 4.78 is 6.07. The summed E-state index contributed by atoms with van der Waals surface area (Å²) in [5.74, 6) is 0.869. The lowest BCUT2D eigenvalue weighted by molar-refractivity contribution is 0.409. The fraction of sp³-hybridized carbons (Fsp3) is 0.100. The summed E-state index contributed by atoms with van der Waals surface area (Å²) in [6.45, 7) is 0. The first-order valence-electron chi connectivity index (χ1n) is 4.18. The number of aromatic hydroxyl groups is 1. The van der Waals surface area contributed by atoms with Crippen LogP contribution in [0.4, 0.5) is 0 Å². The molecule has 2 rings (SSSR count). The third-order valence-corrected chi connectivity index (χ3v) is 4.81. The third-order valence-electron chi connectivity index (χ3n) is 1.91. The van der Waals surface area contributed by atoms with Crippen LogP contribution in [0.5, 0.6) is 11.5 Å². The van der Waals surface area contributed by atoms with Crippen molar-refractivity contribution in [3.05, 3.63) is 28.1 Å². The maximum absolute atomic E-state index is 9.33. The normalized spacial score (nSPS) is 10.2. The first kappa shape index (κ1) is 10.6. The van der Waals surface area contributed by atoms with Gasteiger partial charge >= 0.3 is 0 Å². The van der Waals surface area contributed by atoms with Crippen LogP contribution < -0.4 is 4.74 Å². The molecule has 0 aliphatic heterocycles. The Morgan fingerprint density at radius 2 is 2.07 bits per heavy atom. The smallest absolute Gasteiger partial charge is 0.131 e. The predicted octanol–water partition coefficient (Wildman–Crippen LogP) is 3.92. The first-order valence-corrected chi connectivity index (χ1v) is 6.74. The lowest BCUT2D eigenvalue weighted by Crippen LogP contribution is -1.85. The molecular weight excluding hydrogens is 248 g/mol. The highest BCUT2D eigenvalue weighted by atomic mass is 32.9. The predicted molar refractivity (Wildman–Crippen MR) is 66.7 cm³/mol. The molecule has 2 aromatic rings. The van der Waals surface area contributed by atoms with E-state index < -0.39 is 0 Å². The summed E-state index contributed by atoms with van der Waals surface area (Å²) in [6.07, 6.45) is 0. The molecule has 1 N–H and O–H groups in total. The molecule has 0 unspecified atom stereocenters. The van der Waals surface area contributed by atoms with E-state index in [-0.39, 0.29) is 5.75 Å². The van der Waals surface area contributed by atoms with E-state index in [4.69, 9.17) is 17.0 Å². The van der Waals surface area contributed by atoms with E-state index in [0.29, 0.717) is 5.75 Å². The van der Waals surface area contributed by atoms with E-state index in [1.165, 1.54) is 0 Å². The van der Waals surface area contributed by atoms with Crippen molar-refractivity contribution in [1.29, 1.82) is 0 Å². The number of rotatable bonds is 2. The highest BCUT2D eigenvalue weighted by Crippen LogP contribution is 2.37. The second kappa shape index (κ2) is 4.30. The molecule has 0 fully saturated rings. The Labute approximate surface area is 99.8 Å². The Kier molecular flexibility index (Phi) is 3.04. The number of benzene rings is 1. The van der Waals surface area contributed by atoms with Crippen molar-refractivity contribution < 1.29 is 9.84 Å². The van der Waals surface area contributed by atoms with Gasteiger partial charge in [-0.1, -0.05) is 32.9 Å². The van der Waals surface area contributed by atoms with Gasteiger partial charge in [0.1, 0.15) is 15.3 Å². The van der Waals surface area contributed by atoms with Crippen LogP contribution in [0.1, 0.15) is 0 Å². The lowest BCUT2D eigenvalue weighted by Gasteiger charge is -2.06. The summed E-state index contributed by atoms with van der Waals surface area (Å²) in [4.78, 5) is 1.07. The second-order valence-electron chi connectivity index (χ2n) is 2.88. The zero-order valence-corrected chi connectivity index (χ0v) is 10.3. The molecular formula is C10H8O2S3. The van der Waals surface area contributed by atoms with Gasteiger partial charge in [0, 0.05) is 11.6 Å². The Morgan fingerprint density at radius 1 is 1.27 bits per heavy atom. The average Bonchev–Trinajstić information content (AvgIpc) is 2.64. The fourth-order valence-corrected chi connectivity index (χ4v) is 3.66. The molecule has 1 heterocycles. The van der Waals surface area contributed by atoms with Gasteiger partial charge in [-0.05, 0) is 18.2 Å². The van der Waals surface area contributed by atoms with Gasteiger partial charge in [0.2, 0.25) is 0 Å². The Balaban J connectivity index is 2.57. The van der Waals surface area contributed by atoms with E-state index >= 15 is 0 Å². The summed E-state index contributed by atoms with van der Waals surface area (Å²) in [5, 5.41) is 9.33. The molecule has 1 aromatic heterocycles. The maximum Gasteiger partial charge on any atom is 0.131 e. The van der Waals surface area contributed by atoms with Crippen LogP contribution in [0.25, 0.3) is 10.4 Å². The van der Waals surface area contributed by atoms with Crippen molar-refractivity contribution in [2.75, 3.05) is 7.11 Å². The van der Waals surface area contributed by atoms with Crippen LogP contribution in [-0.2, 0) is 0 Å². The Hall–Kier alpha value is -0.910. The lowest BCUT2D eigenvalue weighted by atomic mass is 10.1. The maximum atomic E-state index is 9.33. The second-order valence-corrected chi connectivity index (χ2v) is 5.79. The molecule has 78 valence electrons. The molecule has 0 aliphatic rings. The van der Waals surface area contributed by atoms with E-state index in [2.05, 4.69) is 0 Å². The molecule has 2 nitrogen and oxygen atoms in total. The topological polar surface area (TPSA) is 29.5 Å². The monoisotopic (exact) mass is 256 g/mol. The van der Waals surface area contributed by atoms with Crippen molar-refractivity contribution in [2.24, 2.45) is 0 Å². The van der Waals surface area contributed by atoms with Crippen molar-refractivity contribution >= 4 is 32.9 Å². The fourth-order valence-electron chi connectivity index (χ4n) is 1.25. The van der Waals surface area contributed by atoms with Crippen molar-refractivity contribution in [3.8, 4) is 21.9 Å². The van der Waals surface area contributed by atoms with Crippen LogP contribution in [0.3, 0.4) is 0 Å². The largest absolute Gasteiger partial charge is 0.508 e. The minimum absolute atomic E-state index is 0.203. The average molecular weight is 256 g/mol. The van der Waals surface area contributed by atoms with Crippen LogP contribution in [-0.4, -0.2) is 12.2 Å². The van der Waals surface area contributed by atoms with E-state index in [1.54, 1.807) is 39.9 Å². The quantitative estimate of drug-likeness (QED) is 0.652. The van der Waals surface area contributed by atoms with Gasteiger partial charge in [0.15, 0.2) is 0 Å².